The van der Waals surface area contributed by atoms with Crippen LogP contribution in [0.15, 0.2) is 29.2 Å². The van der Waals surface area contributed by atoms with Crippen LogP contribution in [0, 0.1) is 0 Å². The Labute approximate surface area is 86.7 Å². The molecule has 0 unspecified atom stereocenters. The van der Waals surface area contributed by atoms with Gasteiger partial charge in [0.15, 0.2) is 5.11 Å². The maximum atomic E-state index is 10.7. The van der Waals surface area contributed by atoms with Gasteiger partial charge >= 0.3 is 0 Å². The summed E-state index contributed by atoms with van der Waals surface area (Å²) in [7, 11) is -4.19. The van der Waals surface area contributed by atoms with Crippen LogP contribution in [0.1, 0.15) is 0 Å². The third-order valence-corrected chi connectivity index (χ3v) is 2.35. The Bertz CT molecular complexity index is 456. The number of nitrogens with one attached hydrogen (secondary N) is 1. The van der Waals surface area contributed by atoms with Crippen LogP contribution in [0.5, 0.6) is 0 Å². The fourth-order valence-electron chi connectivity index (χ4n) is 0.877. The fourth-order valence-corrected chi connectivity index (χ4v) is 1.52. The summed E-state index contributed by atoms with van der Waals surface area (Å²) in [5, 5.41) is 2.58. The second kappa shape index (κ2) is 3.91. The van der Waals surface area contributed by atoms with Gasteiger partial charge in [-0.1, -0.05) is 6.07 Å². The fraction of sp³-hybridized carbons (Fsp3) is 0. The summed E-state index contributed by atoms with van der Waals surface area (Å²) in [5.41, 5.74) is 5.60. The van der Waals surface area contributed by atoms with E-state index in [4.69, 9.17) is 10.3 Å². The Hall–Kier alpha value is -1.18. The molecule has 0 aliphatic rings. The highest BCUT2D eigenvalue weighted by Crippen LogP contribution is 2.14. The van der Waals surface area contributed by atoms with Gasteiger partial charge in [-0.15, -0.1) is 0 Å². The van der Waals surface area contributed by atoms with Crippen molar-refractivity contribution >= 4 is 33.1 Å². The first kappa shape index (κ1) is 10.9. The average Bonchev–Trinajstić information content (AvgIpc) is 2.01. The van der Waals surface area contributed by atoms with E-state index < -0.39 is 10.1 Å². The lowest BCUT2D eigenvalue weighted by Crippen LogP contribution is -2.19. The number of thiocarbonyl (C=S) groups is 1. The van der Waals surface area contributed by atoms with Gasteiger partial charge in [0.25, 0.3) is 10.1 Å². The van der Waals surface area contributed by atoms with Crippen molar-refractivity contribution in [2.75, 3.05) is 5.32 Å². The van der Waals surface area contributed by atoms with Crippen LogP contribution in [0.25, 0.3) is 0 Å². The summed E-state index contributed by atoms with van der Waals surface area (Å²) < 4.78 is 30.2. The van der Waals surface area contributed by atoms with Crippen molar-refractivity contribution in [3.8, 4) is 0 Å². The van der Waals surface area contributed by atoms with Crippen LogP contribution in [0.3, 0.4) is 0 Å². The maximum Gasteiger partial charge on any atom is 0.294 e. The molecule has 0 heterocycles. The zero-order valence-electron chi connectivity index (χ0n) is 6.97. The van der Waals surface area contributed by atoms with Crippen molar-refractivity contribution in [1.82, 2.24) is 0 Å². The quantitative estimate of drug-likeness (QED) is 0.510. The molecule has 0 bridgehead atoms. The van der Waals surface area contributed by atoms with E-state index in [-0.39, 0.29) is 10.0 Å². The van der Waals surface area contributed by atoms with Crippen molar-refractivity contribution in [3.63, 3.8) is 0 Å². The Balaban J connectivity index is 3.08. The molecule has 1 aromatic carbocycles. The number of rotatable bonds is 2. The van der Waals surface area contributed by atoms with Gasteiger partial charge in [-0.3, -0.25) is 4.55 Å². The second-order valence-corrected chi connectivity index (χ2v) is 4.35. The molecule has 0 saturated heterocycles. The Morgan fingerprint density at radius 1 is 1.50 bits per heavy atom. The number of benzene rings is 1. The molecule has 1 rings (SSSR count). The molecule has 76 valence electrons. The second-order valence-electron chi connectivity index (χ2n) is 2.49. The minimum atomic E-state index is -4.19. The summed E-state index contributed by atoms with van der Waals surface area (Å²) in [4.78, 5) is -0.209. The molecule has 0 aromatic heterocycles. The zero-order chi connectivity index (χ0) is 10.8. The summed E-state index contributed by atoms with van der Waals surface area (Å²) >= 11 is 4.57. The molecule has 0 aliphatic carbocycles. The van der Waals surface area contributed by atoms with E-state index in [9.17, 15) is 8.42 Å². The van der Waals surface area contributed by atoms with E-state index in [2.05, 4.69) is 17.5 Å². The Morgan fingerprint density at radius 2 is 2.14 bits per heavy atom. The predicted molar refractivity (Wildman–Crippen MR) is 56.7 cm³/mol. The van der Waals surface area contributed by atoms with Crippen molar-refractivity contribution < 1.29 is 13.0 Å². The van der Waals surface area contributed by atoms with Crippen LogP contribution >= 0.6 is 12.2 Å². The minimum absolute atomic E-state index is 0.0255. The van der Waals surface area contributed by atoms with E-state index in [1.807, 2.05) is 0 Å². The Kier molecular flexibility index (Phi) is 3.04. The van der Waals surface area contributed by atoms with Crippen molar-refractivity contribution in [2.24, 2.45) is 5.73 Å². The molecule has 4 N–H and O–H groups in total. The van der Waals surface area contributed by atoms with E-state index in [1.165, 1.54) is 18.2 Å². The van der Waals surface area contributed by atoms with Crippen LogP contribution in [-0.4, -0.2) is 18.1 Å². The molecule has 0 amide bonds. The van der Waals surface area contributed by atoms with Gasteiger partial charge in [0.05, 0.1) is 4.90 Å². The third-order valence-electron chi connectivity index (χ3n) is 1.40. The highest BCUT2D eigenvalue weighted by Gasteiger charge is 2.09. The van der Waals surface area contributed by atoms with E-state index >= 15 is 0 Å². The first-order chi connectivity index (χ1) is 6.39. The van der Waals surface area contributed by atoms with Crippen LogP contribution in [0.2, 0.25) is 0 Å². The molecule has 1 aromatic rings. The molecule has 0 aliphatic heterocycles. The number of nitrogens with two attached hydrogens (primary N) is 1. The van der Waals surface area contributed by atoms with E-state index in [0.717, 1.165) is 0 Å². The monoisotopic (exact) mass is 232 g/mol. The first-order valence-electron chi connectivity index (χ1n) is 3.53. The van der Waals surface area contributed by atoms with Gasteiger partial charge in [0.2, 0.25) is 0 Å². The van der Waals surface area contributed by atoms with Gasteiger partial charge in [0.1, 0.15) is 0 Å². The largest absolute Gasteiger partial charge is 0.376 e. The smallest absolute Gasteiger partial charge is 0.294 e. The SMILES string of the molecule is NC(=S)Nc1cccc(S(=O)(=O)O)c1. The molecule has 0 spiro atoms. The van der Waals surface area contributed by atoms with Crippen LogP contribution in [0.4, 0.5) is 5.69 Å². The average molecular weight is 232 g/mol. The molecule has 5 nitrogen and oxygen atoms in total. The maximum absolute atomic E-state index is 10.7. The lowest BCUT2D eigenvalue weighted by atomic mass is 10.3. The van der Waals surface area contributed by atoms with Crippen LogP contribution in [-0.2, 0) is 10.1 Å². The summed E-state index contributed by atoms with van der Waals surface area (Å²) in [6, 6.07) is 5.53. The van der Waals surface area contributed by atoms with Gasteiger partial charge in [-0.2, -0.15) is 8.42 Å². The standard InChI is InChI=1S/C7H8N2O3S2/c8-7(13)9-5-2-1-3-6(4-5)14(10,11)12/h1-4H,(H3,8,9,13)(H,10,11,12). The van der Waals surface area contributed by atoms with Crippen molar-refractivity contribution in [3.05, 3.63) is 24.3 Å². The minimum Gasteiger partial charge on any atom is -0.376 e. The molecule has 7 heteroatoms. The predicted octanol–water partition coefficient (Wildman–Crippen LogP) is 0.589. The van der Waals surface area contributed by atoms with E-state index in [1.54, 1.807) is 6.07 Å². The van der Waals surface area contributed by atoms with Crippen molar-refractivity contribution in [1.29, 1.82) is 0 Å². The summed E-state index contributed by atoms with van der Waals surface area (Å²) in [6.45, 7) is 0. The normalized spacial score (nSPS) is 10.9. The first-order valence-corrected chi connectivity index (χ1v) is 5.38. The Morgan fingerprint density at radius 3 is 2.64 bits per heavy atom. The third kappa shape index (κ3) is 2.95. The van der Waals surface area contributed by atoms with Gasteiger partial charge in [-0.25, -0.2) is 0 Å². The van der Waals surface area contributed by atoms with Gasteiger partial charge in [0, 0.05) is 5.69 Å². The number of hydrogen-bond acceptors (Lipinski definition) is 3. The molecule has 0 saturated carbocycles. The summed E-state index contributed by atoms with van der Waals surface area (Å²) in [5.74, 6) is 0. The molecular formula is C7H8N2O3S2. The summed E-state index contributed by atoms with van der Waals surface area (Å²) in [6.07, 6.45) is 0. The molecule has 0 fully saturated rings. The molecule has 0 atom stereocenters. The lowest BCUT2D eigenvalue weighted by Gasteiger charge is -2.04. The molecule has 0 radical (unpaired) electrons. The highest BCUT2D eigenvalue weighted by molar-refractivity contribution is 7.85. The number of hydrogen-bond donors (Lipinski definition) is 3. The lowest BCUT2D eigenvalue weighted by molar-refractivity contribution is 0.483. The van der Waals surface area contributed by atoms with Gasteiger partial charge < -0.3 is 11.1 Å². The van der Waals surface area contributed by atoms with Crippen LogP contribution < -0.4 is 11.1 Å². The number of anilines is 1. The van der Waals surface area contributed by atoms with Crippen molar-refractivity contribution in [2.45, 2.75) is 4.90 Å². The highest BCUT2D eigenvalue weighted by atomic mass is 32.2. The van der Waals surface area contributed by atoms with Gasteiger partial charge in [-0.05, 0) is 30.4 Å². The zero-order valence-corrected chi connectivity index (χ0v) is 8.60. The molecule has 14 heavy (non-hydrogen) atoms. The molecular weight excluding hydrogens is 224 g/mol. The van der Waals surface area contributed by atoms with E-state index in [0.29, 0.717) is 5.69 Å². The topological polar surface area (TPSA) is 92.4 Å².